The fourth-order valence-electron chi connectivity index (χ4n) is 1.16. The maximum Gasteiger partial charge on any atom is 0.241 e. The fourth-order valence-corrected chi connectivity index (χ4v) is 1.56. The van der Waals surface area contributed by atoms with Gasteiger partial charge in [-0.3, -0.25) is 0 Å². The molecule has 0 fully saturated rings. The number of aliphatic hydroxyl groups excluding tert-OH is 1. The van der Waals surface area contributed by atoms with Crippen LogP contribution in [0.4, 0.5) is 5.69 Å². The van der Waals surface area contributed by atoms with Gasteiger partial charge in [0.05, 0.1) is 18.7 Å². The molecule has 1 rings (SSSR count). The SMILES string of the molecule is COc1ncnc(C(C)C(O)=S(=O)=O)c1N. The van der Waals surface area contributed by atoms with E-state index >= 15 is 0 Å². The van der Waals surface area contributed by atoms with Crippen molar-refractivity contribution in [1.82, 2.24) is 9.97 Å². The molecule has 8 heteroatoms. The predicted octanol–water partition coefficient (Wildman–Crippen LogP) is -0.262. The summed E-state index contributed by atoms with van der Waals surface area (Å²) in [5.41, 5.74) is 5.97. The smallest absolute Gasteiger partial charge is 0.241 e. The Morgan fingerprint density at radius 2 is 2.19 bits per heavy atom. The molecular formula is C8H11N3O4S. The molecule has 0 spiro atoms. The van der Waals surface area contributed by atoms with Gasteiger partial charge in [-0.25, -0.2) is 4.98 Å². The summed E-state index contributed by atoms with van der Waals surface area (Å²) in [5.74, 6) is -0.698. The second kappa shape index (κ2) is 4.90. The number of nitrogens with two attached hydrogens (primary N) is 1. The van der Waals surface area contributed by atoms with Crippen LogP contribution in [0.1, 0.15) is 18.5 Å². The highest BCUT2D eigenvalue weighted by Gasteiger charge is 2.19. The lowest BCUT2D eigenvalue weighted by atomic mass is 10.1. The normalized spacial score (nSPS) is 11.9. The predicted molar refractivity (Wildman–Crippen MR) is 58.0 cm³/mol. The molecule has 0 saturated carbocycles. The molecule has 0 bridgehead atoms. The van der Waals surface area contributed by atoms with Crippen molar-refractivity contribution in [2.75, 3.05) is 12.8 Å². The molecule has 0 radical (unpaired) electrons. The van der Waals surface area contributed by atoms with Crippen LogP contribution in [-0.4, -0.2) is 35.7 Å². The molecule has 0 aromatic carbocycles. The molecule has 1 unspecified atom stereocenters. The zero-order chi connectivity index (χ0) is 12.3. The van der Waals surface area contributed by atoms with Crippen LogP contribution in [0, 0.1) is 0 Å². The van der Waals surface area contributed by atoms with E-state index in [4.69, 9.17) is 10.5 Å². The van der Waals surface area contributed by atoms with E-state index in [-0.39, 0.29) is 17.3 Å². The van der Waals surface area contributed by atoms with Crippen molar-refractivity contribution in [3.63, 3.8) is 0 Å². The highest BCUT2D eigenvalue weighted by Crippen LogP contribution is 2.26. The maximum absolute atomic E-state index is 10.6. The molecule has 1 atom stereocenters. The second-order valence-electron chi connectivity index (χ2n) is 2.98. The summed E-state index contributed by atoms with van der Waals surface area (Å²) in [6.45, 7) is 1.46. The Kier molecular flexibility index (Phi) is 3.80. The van der Waals surface area contributed by atoms with Crippen molar-refractivity contribution in [2.45, 2.75) is 12.8 Å². The summed E-state index contributed by atoms with van der Waals surface area (Å²) >= 11 is 0. The van der Waals surface area contributed by atoms with E-state index in [2.05, 4.69) is 9.97 Å². The number of hydrogen-bond acceptors (Lipinski definition) is 6. The third-order valence-corrected chi connectivity index (χ3v) is 2.72. The molecule has 0 amide bonds. The first kappa shape index (κ1) is 12.4. The molecule has 0 aliphatic rings. The minimum atomic E-state index is -2.69. The van der Waals surface area contributed by atoms with Gasteiger partial charge in [-0.1, -0.05) is 0 Å². The molecule has 0 aliphatic carbocycles. The van der Waals surface area contributed by atoms with Crippen molar-refractivity contribution in [2.24, 2.45) is 0 Å². The third-order valence-electron chi connectivity index (χ3n) is 2.02. The topological polar surface area (TPSA) is 115 Å². The summed E-state index contributed by atoms with van der Waals surface area (Å²) in [7, 11) is -1.31. The minimum Gasteiger partial charge on any atom is -0.479 e. The maximum atomic E-state index is 10.6. The number of aromatic nitrogens is 2. The summed E-state index contributed by atoms with van der Waals surface area (Å²) in [5, 5.41) is 8.55. The van der Waals surface area contributed by atoms with Gasteiger partial charge in [0.25, 0.3) is 0 Å². The quantitative estimate of drug-likeness (QED) is 0.704. The van der Waals surface area contributed by atoms with Crippen LogP contribution in [0.5, 0.6) is 5.88 Å². The largest absolute Gasteiger partial charge is 0.479 e. The number of nitrogen functional groups attached to an aromatic ring is 1. The Bertz CT molecular complexity index is 518. The van der Waals surface area contributed by atoms with Crippen LogP contribution >= 0.6 is 0 Å². The van der Waals surface area contributed by atoms with Crippen LogP contribution in [0.3, 0.4) is 0 Å². The van der Waals surface area contributed by atoms with Gasteiger partial charge in [-0.05, 0) is 6.92 Å². The van der Waals surface area contributed by atoms with Crippen LogP contribution in [-0.2, 0) is 10.3 Å². The molecule has 1 aromatic rings. The molecule has 88 valence electrons. The van der Waals surface area contributed by atoms with E-state index in [0.29, 0.717) is 0 Å². The van der Waals surface area contributed by atoms with Gasteiger partial charge in [-0.15, -0.1) is 0 Å². The Labute approximate surface area is 93.4 Å². The number of ether oxygens (including phenoxy) is 1. The van der Waals surface area contributed by atoms with Gasteiger partial charge < -0.3 is 15.6 Å². The summed E-state index contributed by atoms with van der Waals surface area (Å²) in [6, 6.07) is 0. The molecule has 1 heterocycles. The van der Waals surface area contributed by atoms with Gasteiger partial charge in [0, 0.05) is 0 Å². The first-order valence-corrected chi connectivity index (χ1v) is 5.36. The molecule has 0 saturated heterocycles. The Hall–Kier alpha value is -1.67. The van der Waals surface area contributed by atoms with Crippen LogP contribution in [0.15, 0.2) is 6.33 Å². The number of methoxy groups -OCH3 is 1. The van der Waals surface area contributed by atoms with E-state index in [9.17, 15) is 13.5 Å². The summed E-state index contributed by atoms with van der Waals surface area (Å²) in [4.78, 5) is 7.56. The first-order valence-electron chi connectivity index (χ1n) is 4.28. The van der Waals surface area contributed by atoms with E-state index in [0.717, 1.165) is 0 Å². The lowest BCUT2D eigenvalue weighted by molar-refractivity contribution is 0.398. The van der Waals surface area contributed by atoms with Gasteiger partial charge in [0.2, 0.25) is 16.2 Å². The Balaban J connectivity index is 3.30. The standard InChI is InChI=1S/C8H11N3O4S/c1-4(8(12)16(13)14)6-5(9)7(15-2)11-3-10-6/h3-4,12H,9H2,1-2H3. The average molecular weight is 245 g/mol. The number of nitrogens with zero attached hydrogens (tertiary/aromatic N) is 2. The zero-order valence-electron chi connectivity index (χ0n) is 8.71. The monoisotopic (exact) mass is 245 g/mol. The molecule has 16 heavy (non-hydrogen) atoms. The van der Waals surface area contributed by atoms with Crippen molar-refractivity contribution in [1.29, 1.82) is 0 Å². The second-order valence-corrected chi connectivity index (χ2v) is 3.86. The molecule has 0 aliphatic heterocycles. The fraction of sp³-hybridized carbons (Fsp3) is 0.375. The number of rotatable bonds is 3. The third kappa shape index (κ3) is 2.28. The average Bonchev–Trinajstić information content (AvgIpc) is 2.27. The lowest BCUT2D eigenvalue weighted by Gasteiger charge is -2.11. The zero-order valence-corrected chi connectivity index (χ0v) is 9.52. The molecule has 1 aromatic heterocycles. The molecular weight excluding hydrogens is 234 g/mol. The van der Waals surface area contributed by atoms with E-state index in [1.807, 2.05) is 0 Å². The Morgan fingerprint density at radius 3 is 2.69 bits per heavy atom. The van der Waals surface area contributed by atoms with Crippen molar-refractivity contribution in [3.05, 3.63) is 12.0 Å². The summed E-state index contributed by atoms with van der Waals surface area (Å²) in [6.07, 6.45) is 1.18. The first-order chi connectivity index (χ1) is 7.49. The van der Waals surface area contributed by atoms with Crippen molar-refractivity contribution in [3.8, 4) is 5.88 Å². The summed E-state index contributed by atoms with van der Waals surface area (Å²) < 4.78 is 26.0. The van der Waals surface area contributed by atoms with E-state index < -0.39 is 21.3 Å². The van der Waals surface area contributed by atoms with Crippen molar-refractivity contribution < 1.29 is 18.3 Å². The van der Waals surface area contributed by atoms with Gasteiger partial charge in [0.1, 0.15) is 12.0 Å². The minimum absolute atomic E-state index is 0.106. The Morgan fingerprint density at radius 1 is 1.56 bits per heavy atom. The number of hydrogen-bond donors (Lipinski definition) is 2. The lowest BCUT2D eigenvalue weighted by Crippen LogP contribution is -2.14. The highest BCUT2D eigenvalue weighted by atomic mass is 32.2. The van der Waals surface area contributed by atoms with Gasteiger partial charge in [0.15, 0.2) is 5.05 Å². The number of anilines is 1. The molecule has 3 N–H and O–H groups in total. The van der Waals surface area contributed by atoms with E-state index in [1.165, 1.54) is 20.4 Å². The highest BCUT2D eigenvalue weighted by molar-refractivity contribution is 7.72. The van der Waals surface area contributed by atoms with Crippen molar-refractivity contribution >= 4 is 21.0 Å². The van der Waals surface area contributed by atoms with Gasteiger partial charge in [-0.2, -0.15) is 13.4 Å². The number of aliphatic hydroxyl groups is 1. The van der Waals surface area contributed by atoms with E-state index in [1.54, 1.807) is 0 Å². The molecule has 7 nitrogen and oxygen atoms in total. The van der Waals surface area contributed by atoms with Crippen LogP contribution in [0.25, 0.3) is 0 Å². The van der Waals surface area contributed by atoms with Gasteiger partial charge >= 0.3 is 0 Å². The van der Waals surface area contributed by atoms with Crippen LogP contribution in [0.2, 0.25) is 0 Å². The van der Waals surface area contributed by atoms with Crippen LogP contribution < -0.4 is 10.5 Å².